The number of hydrogen-bond acceptors (Lipinski definition) is 2. The first-order valence-corrected chi connectivity index (χ1v) is 6.91. The molecule has 3 rings (SSSR count). The largest absolute Gasteiger partial charge is 0.398 e. The Balaban J connectivity index is 2.18. The number of pyridine rings is 1. The molecule has 3 aromatic rings. The van der Waals surface area contributed by atoms with Gasteiger partial charge in [-0.25, -0.2) is 4.98 Å². The molecule has 2 nitrogen and oxygen atoms in total. The Morgan fingerprint density at radius 2 is 1.70 bits per heavy atom. The number of anilines is 1. The summed E-state index contributed by atoms with van der Waals surface area (Å²) in [4.78, 5) is 4.73. The van der Waals surface area contributed by atoms with Crippen molar-refractivity contribution in [2.45, 2.75) is 19.8 Å². The van der Waals surface area contributed by atoms with Gasteiger partial charge in [0.25, 0.3) is 0 Å². The van der Waals surface area contributed by atoms with E-state index in [0.29, 0.717) is 5.92 Å². The predicted octanol–water partition coefficient (Wildman–Crippen LogP) is 4.61. The van der Waals surface area contributed by atoms with Crippen molar-refractivity contribution in [2.24, 2.45) is 0 Å². The fraction of sp³-hybridized carbons (Fsp3) is 0.167. The first-order valence-electron chi connectivity index (χ1n) is 6.91. The molecule has 0 fully saturated rings. The van der Waals surface area contributed by atoms with Gasteiger partial charge in [0.15, 0.2) is 0 Å². The van der Waals surface area contributed by atoms with Crippen molar-refractivity contribution in [1.29, 1.82) is 0 Å². The summed E-state index contributed by atoms with van der Waals surface area (Å²) >= 11 is 0. The van der Waals surface area contributed by atoms with Crippen molar-refractivity contribution in [3.05, 3.63) is 60.2 Å². The molecule has 2 heteroatoms. The molecule has 0 aliphatic rings. The molecule has 0 aliphatic carbocycles. The molecule has 0 atom stereocenters. The number of nitrogens with two attached hydrogens (primary N) is 1. The highest BCUT2D eigenvalue weighted by atomic mass is 14.7. The lowest BCUT2D eigenvalue weighted by Crippen LogP contribution is -1.95. The van der Waals surface area contributed by atoms with Crippen molar-refractivity contribution in [3.63, 3.8) is 0 Å². The molecule has 0 saturated heterocycles. The van der Waals surface area contributed by atoms with Crippen LogP contribution < -0.4 is 5.73 Å². The van der Waals surface area contributed by atoms with Crippen LogP contribution in [-0.4, -0.2) is 4.98 Å². The van der Waals surface area contributed by atoms with Crippen LogP contribution in [0.25, 0.3) is 22.2 Å². The Morgan fingerprint density at radius 3 is 2.40 bits per heavy atom. The summed E-state index contributed by atoms with van der Waals surface area (Å²) in [6.45, 7) is 4.37. The molecule has 0 spiro atoms. The molecule has 0 saturated carbocycles. The van der Waals surface area contributed by atoms with Gasteiger partial charge in [0, 0.05) is 16.6 Å². The van der Waals surface area contributed by atoms with E-state index in [1.165, 1.54) is 5.56 Å². The third-order valence-electron chi connectivity index (χ3n) is 3.60. The van der Waals surface area contributed by atoms with Crippen LogP contribution in [-0.2, 0) is 0 Å². The van der Waals surface area contributed by atoms with Gasteiger partial charge < -0.3 is 5.73 Å². The predicted molar refractivity (Wildman–Crippen MR) is 85.7 cm³/mol. The van der Waals surface area contributed by atoms with E-state index < -0.39 is 0 Å². The van der Waals surface area contributed by atoms with Crippen LogP contribution in [0.4, 0.5) is 5.69 Å². The van der Waals surface area contributed by atoms with Crippen LogP contribution in [0.3, 0.4) is 0 Å². The van der Waals surface area contributed by atoms with Crippen molar-refractivity contribution < 1.29 is 0 Å². The Morgan fingerprint density at radius 1 is 0.950 bits per heavy atom. The quantitative estimate of drug-likeness (QED) is 0.732. The Bertz CT molecular complexity index is 746. The molecular weight excluding hydrogens is 244 g/mol. The molecule has 2 N–H and O–H groups in total. The fourth-order valence-electron chi connectivity index (χ4n) is 2.39. The third-order valence-corrected chi connectivity index (χ3v) is 3.60. The molecule has 100 valence electrons. The van der Waals surface area contributed by atoms with Gasteiger partial charge in [-0.05, 0) is 29.7 Å². The molecule has 0 aliphatic heterocycles. The lowest BCUT2D eigenvalue weighted by atomic mass is 10.00. The van der Waals surface area contributed by atoms with Crippen molar-refractivity contribution in [3.8, 4) is 11.3 Å². The van der Waals surface area contributed by atoms with E-state index >= 15 is 0 Å². The zero-order valence-corrected chi connectivity index (χ0v) is 11.8. The fourth-order valence-corrected chi connectivity index (χ4v) is 2.39. The summed E-state index contributed by atoms with van der Waals surface area (Å²) in [6.07, 6.45) is 0. The second-order valence-corrected chi connectivity index (χ2v) is 5.39. The maximum atomic E-state index is 6.22. The summed E-state index contributed by atoms with van der Waals surface area (Å²) in [5, 5.41) is 1.04. The molecular formula is C18H18N2. The van der Waals surface area contributed by atoms with Crippen molar-refractivity contribution in [2.75, 3.05) is 5.73 Å². The number of rotatable bonds is 2. The minimum atomic E-state index is 0.493. The zero-order valence-electron chi connectivity index (χ0n) is 11.8. The number of aromatic nitrogens is 1. The average Bonchev–Trinajstić information content (AvgIpc) is 2.47. The van der Waals surface area contributed by atoms with E-state index in [2.05, 4.69) is 44.2 Å². The maximum absolute atomic E-state index is 6.22. The molecule has 0 radical (unpaired) electrons. The zero-order chi connectivity index (χ0) is 14.1. The summed E-state index contributed by atoms with van der Waals surface area (Å²) < 4.78 is 0. The van der Waals surface area contributed by atoms with Gasteiger partial charge >= 0.3 is 0 Å². The lowest BCUT2D eigenvalue weighted by Gasteiger charge is -2.10. The summed E-state index contributed by atoms with van der Waals surface area (Å²) in [7, 11) is 0. The second kappa shape index (κ2) is 4.97. The highest BCUT2D eigenvalue weighted by Gasteiger charge is 2.07. The van der Waals surface area contributed by atoms with Crippen LogP contribution >= 0.6 is 0 Å². The molecule has 1 heterocycles. The Labute approximate surface area is 119 Å². The van der Waals surface area contributed by atoms with E-state index in [1.54, 1.807) is 0 Å². The minimum Gasteiger partial charge on any atom is -0.398 e. The van der Waals surface area contributed by atoms with Crippen molar-refractivity contribution in [1.82, 2.24) is 4.98 Å². The topological polar surface area (TPSA) is 38.9 Å². The Hall–Kier alpha value is -2.35. The molecule has 0 amide bonds. The molecule has 1 aromatic heterocycles. The van der Waals surface area contributed by atoms with E-state index in [4.69, 9.17) is 10.7 Å². The van der Waals surface area contributed by atoms with E-state index in [1.807, 2.05) is 24.3 Å². The van der Waals surface area contributed by atoms with Gasteiger partial charge in [-0.15, -0.1) is 0 Å². The Kier molecular flexibility index (Phi) is 3.15. The van der Waals surface area contributed by atoms with Crippen LogP contribution in [0.15, 0.2) is 54.6 Å². The average molecular weight is 262 g/mol. The van der Waals surface area contributed by atoms with Gasteiger partial charge in [-0.3, -0.25) is 0 Å². The van der Waals surface area contributed by atoms with Gasteiger partial charge in [-0.2, -0.15) is 0 Å². The lowest BCUT2D eigenvalue weighted by molar-refractivity contribution is 0.868. The van der Waals surface area contributed by atoms with Crippen LogP contribution in [0, 0.1) is 0 Å². The SMILES string of the molecule is CC(C)c1ccc2nc(-c3ccccc3)cc(N)c2c1. The van der Waals surface area contributed by atoms with Gasteiger partial charge in [0.1, 0.15) is 0 Å². The standard InChI is InChI=1S/C18H18N2/c1-12(2)14-8-9-17-15(10-14)16(19)11-18(20-17)13-6-4-3-5-7-13/h3-12H,1-2H3,(H2,19,20). The maximum Gasteiger partial charge on any atom is 0.0730 e. The van der Waals surface area contributed by atoms with E-state index in [9.17, 15) is 0 Å². The first-order chi connectivity index (χ1) is 9.65. The highest BCUT2D eigenvalue weighted by molar-refractivity contribution is 5.93. The minimum absolute atomic E-state index is 0.493. The highest BCUT2D eigenvalue weighted by Crippen LogP contribution is 2.28. The summed E-state index contributed by atoms with van der Waals surface area (Å²) in [6, 6.07) is 18.4. The number of benzene rings is 2. The van der Waals surface area contributed by atoms with Crippen LogP contribution in [0.1, 0.15) is 25.3 Å². The molecule has 0 unspecified atom stereocenters. The van der Waals surface area contributed by atoms with E-state index in [0.717, 1.165) is 27.8 Å². The van der Waals surface area contributed by atoms with Gasteiger partial charge in [0.2, 0.25) is 0 Å². The number of fused-ring (bicyclic) bond motifs is 1. The first kappa shape index (κ1) is 12.7. The normalized spacial score (nSPS) is 11.2. The van der Waals surface area contributed by atoms with Gasteiger partial charge in [-0.1, -0.05) is 50.2 Å². The monoisotopic (exact) mass is 262 g/mol. The second-order valence-electron chi connectivity index (χ2n) is 5.39. The molecule has 0 bridgehead atoms. The van der Waals surface area contributed by atoms with Crippen molar-refractivity contribution >= 4 is 16.6 Å². The molecule has 2 aromatic carbocycles. The molecule has 20 heavy (non-hydrogen) atoms. The van der Waals surface area contributed by atoms with Crippen LogP contribution in [0.2, 0.25) is 0 Å². The summed E-state index contributed by atoms with van der Waals surface area (Å²) in [5.41, 5.74) is 11.3. The number of nitrogens with zero attached hydrogens (tertiary/aromatic N) is 1. The van der Waals surface area contributed by atoms with Crippen LogP contribution in [0.5, 0.6) is 0 Å². The third kappa shape index (κ3) is 2.25. The number of nitrogen functional groups attached to an aromatic ring is 1. The number of hydrogen-bond donors (Lipinski definition) is 1. The van der Waals surface area contributed by atoms with E-state index in [-0.39, 0.29) is 0 Å². The van der Waals surface area contributed by atoms with Gasteiger partial charge in [0.05, 0.1) is 11.2 Å². The smallest absolute Gasteiger partial charge is 0.0730 e. The summed E-state index contributed by atoms with van der Waals surface area (Å²) in [5.74, 6) is 0.493.